The monoisotopic (exact) mass is 89.1 g/mol. The van der Waals surface area contributed by atoms with Crippen molar-refractivity contribution in [3.8, 4) is 0 Å². The van der Waals surface area contributed by atoms with Crippen LogP contribution in [0.2, 0.25) is 0 Å². The van der Waals surface area contributed by atoms with E-state index in [9.17, 15) is 0 Å². The number of aliphatic hydroxyl groups excluding tert-OH is 1. The molecule has 0 saturated heterocycles. The van der Waals surface area contributed by atoms with Crippen molar-refractivity contribution < 1.29 is 5.11 Å². The minimum absolute atomic E-state index is 0.155. The predicted octanol–water partition coefficient (Wildman–Crippen LogP) is -0.477. The molecule has 0 fully saturated rings. The van der Waals surface area contributed by atoms with Crippen molar-refractivity contribution in [2.24, 2.45) is 10.3 Å². The fraction of sp³-hybridized carbons (Fsp3) is 1.00. The van der Waals surface area contributed by atoms with Gasteiger partial charge in [-0.25, -0.2) is 0 Å². The first kappa shape index (κ1) is 5.36. The summed E-state index contributed by atoms with van der Waals surface area (Å²) in [4.78, 5) is 0. The second-order valence-electron chi connectivity index (χ2n) is 0.616. The summed E-state index contributed by atoms with van der Waals surface area (Å²) in [5.74, 6) is 0. The number of hydrogen-bond donors (Lipinski definition) is 2. The highest BCUT2D eigenvalue weighted by atomic mass is 16.3. The molecule has 0 atom stereocenters. The zero-order chi connectivity index (χ0) is 4.83. The molecule has 0 saturated carbocycles. The van der Waals surface area contributed by atoms with Crippen LogP contribution < -0.4 is 5.43 Å². The van der Waals surface area contributed by atoms with E-state index in [2.05, 4.69) is 15.8 Å². The van der Waals surface area contributed by atoms with Gasteiger partial charge in [0, 0.05) is 0 Å². The lowest BCUT2D eigenvalue weighted by Crippen LogP contribution is -2.03. The van der Waals surface area contributed by atoms with E-state index in [0.29, 0.717) is 0 Å². The minimum Gasteiger partial charge on any atom is -0.375 e. The van der Waals surface area contributed by atoms with Gasteiger partial charge in [-0.2, -0.15) is 5.11 Å². The second kappa shape index (κ2) is 4.36. The Labute approximate surface area is 35.9 Å². The quantitative estimate of drug-likeness (QED) is 0.273. The van der Waals surface area contributed by atoms with Gasteiger partial charge in [0.2, 0.25) is 0 Å². The van der Waals surface area contributed by atoms with Gasteiger partial charge in [-0.05, 0) is 0 Å². The van der Waals surface area contributed by atoms with E-state index in [1.807, 2.05) is 0 Å². The number of nitrogens with zero attached hydrogens (tertiary/aromatic N) is 2. The molecule has 0 radical (unpaired) electrons. The van der Waals surface area contributed by atoms with E-state index in [4.69, 9.17) is 5.11 Å². The van der Waals surface area contributed by atoms with Crippen molar-refractivity contribution in [1.29, 1.82) is 0 Å². The Hall–Kier alpha value is -0.640. The number of aliphatic hydroxyl groups is 1. The van der Waals surface area contributed by atoms with Gasteiger partial charge in [-0.15, -0.1) is 0 Å². The Morgan fingerprint density at radius 2 is 2.50 bits per heavy atom. The van der Waals surface area contributed by atoms with Gasteiger partial charge < -0.3 is 5.11 Å². The number of rotatable bonds is 2. The highest BCUT2D eigenvalue weighted by Crippen LogP contribution is 1.54. The Bertz CT molecular complexity index is 44.1. The third-order valence-electron chi connectivity index (χ3n) is 0.241. The van der Waals surface area contributed by atoms with Crippen molar-refractivity contribution in [2.75, 3.05) is 13.8 Å². The van der Waals surface area contributed by atoms with E-state index in [1.54, 1.807) is 0 Å². The molecule has 36 valence electrons. The standard InChI is InChI=1S/C2H7N3O/c1-3-5-4-2-6/h6H,2H2,1H3,(H,3,4). The average molecular weight is 89.1 g/mol. The molecular formula is C2H7N3O. The highest BCUT2D eigenvalue weighted by Gasteiger charge is 1.60. The lowest BCUT2D eigenvalue weighted by molar-refractivity contribution is 0.260. The Kier molecular flexibility index (Phi) is 3.89. The molecule has 0 bridgehead atoms. The molecule has 2 N–H and O–H groups in total. The fourth-order valence-electron chi connectivity index (χ4n) is 0.102. The summed E-state index contributed by atoms with van der Waals surface area (Å²) in [6.45, 7) is -0.155. The third-order valence-corrected chi connectivity index (χ3v) is 0.241. The molecule has 0 rings (SSSR count). The predicted molar refractivity (Wildman–Crippen MR) is 21.0 cm³/mol. The van der Waals surface area contributed by atoms with Crippen molar-refractivity contribution in [3.63, 3.8) is 0 Å². The topological polar surface area (TPSA) is 57.0 Å². The van der Waals surface area contributed by atoms with Gasteiger partial charge in [-0.1, -0.05) is 5.22 Å². The maximum atomic E-state index is 7.93. The van der Waals surface area contributed by atoms with Crippen LogP contribution in [-0.2, 0) is 0 Å². The molecule has 0 aromatic rings. The maximum Gasteiger partial charge on any atom is 0.130 e. The molecule has 4 nitrogen and oxygen atoms in total. The molecule has 0 spiro atoms. The van der Waals surface area contributed by atoms with E-state index in [1.165, 1.54) is 7.05 Å². The summed E-state index contributed by atoms with van der Waals surface area (Å²) in [7, 11) is 1.52. The number of nitrogens with one attached hydrogen (secondary N) is 1. The Morgan fingerprint density at radius 1 is 1.83 bits per heavy atom. The summed E-state index contributed by atoms with van der Waals surface area (Å²) in [6, 6.07) is 0. The summed E-state index contributed by atoms with van der Waals surface area (Å²) in [5.41, 5.74) is 2.21. The van der Waals surface area contributed by atoms with Crippen molar-refractivity contribution >= 4 is 0 Å². The molecule has 0 unspecified atom stereocenters. The maximum absolute atomic E-state index is 7.93. The van der Waals surface area contributed by atoms with E-state index >= 15 is 0 Å². The summed E-state index contributed by atoms with van der Waals surface area (Å²) >= 11 is 0. The van der Waals surface area contributed by atoms with E-state index < -0.39 is 0 Å². The summed E-state index contributed by atoms with van der Waals surface area (Å²) in [5, 5.41) is 14.4. The zero-order valence-electron chi connectivity index (χ0n) is 3.55. The van der Waals surface area contributed by atoms with Crippen LogP contribution >= 0.6 is 0 Å². The van der Waals surface area contributed by atoms with E-state index in [-0.39, 0.29) is 6.73 Å². The smallest absolute Gasteiger partial charge is 0.130 e. The van der Waals surface area contributed by atoms with Crippen LogP contribution in [0.15, 0.2) is 10.3 Å². The molecule has 0 aliphatic heterocycles. The van der Waals surface area contributed by atoms with Crippen LogP contribution in [0.4, 0.5) is 0 Å². The van der Waals surface area contributed by atoms with Crippen LogP contribution in [0.25, 0.3) is 0 Å². The lowest BCUT2D eigenvalue weighted by atomic mass is 11.3. The first-order valence-electron chi connectivity index (χ1n) is 1.54. The SMILES string of the molecule is CN=NNCO. The normalized spacial score (nSPS) is 9.67. The molecule has 0 heterocycles. The Balaban J connectivity index is 2.66. The van der Waals surface area contributed by atoms with Crippen molar-refractivity contribution in [2.45, 2.75) is 0 Å². The molecular weight excluding hydrogens is 82.0 g/mol. The molecule has 6 heavy (non-hydrogen) atoms. The van der Waals surface area contributed by atoms with Crippen LogP contribution in [0.5, 0.6) is 0 Å². The van der Waals surface area contributed by atoms with Crippen LogP contribution in [0.3, 0.4) is 0 Å². The fourth-order valence-corrected chi connectivity index (χ4v) is 0.102. The second-order valence-corrected chi connectivity index (χ2v) is 0.616. The van der Waals surface area contributed by atoms with Crippen molar-refractivity contribution in [3.05, 3.63) is 0 Å². The summed E-state index contributed by atoms with van der Waals surface area (Å²) in [6.07, 6.45) is 0. The minimum atomic E-state index is -0.155. The largest absolute Gasteiger partial charge is 0.375 e. The van der Waals surface area contributed by atoms with E-state index in [0.717, 1.165) is 0 Å². The molecule has 0 aromatic heterocycles. The molecule has 0 amide bonds. The zero-order valence-corrected chi connectivity index (χ0v) is 3.55. The first-order valence-corrected chi connectivity index (χ1v) is 1.54. The van der Waals surface area contributed by atoms with Gasteiger partial charge in [0.15, 0.2) is 0 Å². The molecule has 4 heteroatoms. The third kappa shape index (κ3) is 3.36. The molecule has 0 aromatic carbocycles. The lowest BCUT2D eigenvalue weighted by Gasteiger charge is -1.82. The van der Waals surface area contributed by atoms with Gasteiger partial charge in [0.25, 0.3) is 0 Å². The highest BCUT2D eigenvalue weighted by molar-refractivity contribution is 4.08. The van der Waals surface area contributed by atoms with Crippen LogP contribution in [0.1, 0.15) is 0 Å². The van der Waals surface area contributed by atoms with Crippen LogP contribution in [0, 0.1) is 0 Å². The number of hydrogen-bond acceptors (Lipinski definition) is 3. The molecule has 0 aliphatic rings. The van der Waals surface area contributed by atoms with Gasteiger partial charge >= 0.3 is 0 Å². The average Bonchev–Trinajstić information content (AvgIpc) is 1.61. The van der Waals surface area contributed by atoms with Crippen molar-refractivity contribution in [1.82, 2.24) is 5.43 Å². The summed E-state index contributed by atoms with van der Waals surface area (Å²) < 4.78 is 0. The van der Waals surface area contributed by atoms with Gasteiger partial charge in [0.1, 0.15) is 6.73 Å². The van der Waals surface area contributed by atoms with Gasteiger partial charge in [0.05, 0.1) is 7.05 Å². The van der Waals surface area contributed by atoms with Crippen LogP contribution in [-0.4, -0.2) is 18.9 Å². The van der Waals surface area contributed by atoms with Gasteiger partial charge in [-0.3, -0.25) is 5.43 Å². The molecule has 0 aliphatic carbocycles. The Morgan fingerprint density at radius 3 is 2.67 bits per heavy atom. The first-order chi connectivity index (χ1) is 2.91.